The highest BCUT2D eigenvalue weighted by molar-refractivity contribution is 5.64. The fraction of sp³-hybridized carbons (Fsp3) is 0.333. The van der Waals surface area contributed by atoms with Gasteiger partial charge in [-0.15, -0.1) is 0 Å². The minimum absolute atomic E-state index is 0.555. The number of hydrogen-bond acceptors (Lipinski definition) is 4. The van der Waals surface area contributed by atoms with Gasteiger partial charge in [0.05, 0.1) is 21.3 Å². The molecule has 0 spiro atoms. The van der Waals surface area contributed by atoms with Gasteiger partial charge in [0.25, 0.3) is 0 Å². The molecule has 0 aromatic heterocycles. The molecule has 4 heteroatoms. The predicted octanol–water partition coefficient (Wildman–Crippen LogP) is 3.91. The van der Waals surface area contributed by atoms with Gasteiger partial charge < -0.3 is 18.9 Å². The summed E-state index contributed by atoms with van der Waals surface area (Å²) in [5, 5.41) is 0. The molecule has 0 radical (unpaired) electrons. The number of benzene rings is 2. The van der Waals surface area contributed by atoms with E-state index in [1.807, 2.05) is 12.1 Å². The first-order valence-corrected chi connectivity index (χ1v) is 7.27. The van der Waals surface area contributed by atoms with E-state index in [1.165, 1.54) is 11.1 Å². The van der Waals surface area contributed by atoms with Gasteiger partial charge in [-0.25, -0.2) is 0 Å². The highest BCUT2D eigenvalue weighted by Crippen LogP contribution is 2.49. The lowest BCUT2D eigenvalue weighted by Crippen LogP contribution is -2.00. The average Bonchev–Trinajstić information content (AvgIpc) is 2.71. The summed E-state index contributed by atoms with van der Waals surface area (Å²) in [5.41, 5.74) is 3.50. The van der Waals surface area contributed by atoms with Crippen LogP contribution in [-0.2, 0) is 12.8 Å². The van der Waals surface area contributed by atoms with Crippen molar-refractivity contribution in [2.75, 3.05) is 21.3 Å². The van der Waals surface area contributed by atoms with Crippen molar-refractivity contribution in [1.82, 2.24) is 0 Å². The van der Waals surface area contributed by atoms with E-state index in [9.17, 15) is 0 Å². The lowest BCUT2D eigenvalue weighted by Gasteiger charge is -2.18. The van der Waals surface area contributed by atoms with E-state index in [1.54, 1.807) is 21.3 Å². The van der Waals surface area contributed by atoms with E-state index >= 15 is 0 Å². The number of hydrogen-bond donors (Lipinski definition) is 0. The van der Waals surface area contributed by atoms with Gasteiger partial charge in [0, 0.05) is 5.56 Å². The van der Waals surface area contributed by atoms with Crippen LogP contribution in [0.15, 0.2) is 24.3 Å². The third-order valence-corrected chi connectivity index (χ3v) is 3.95. The van der Waals surface area contributed by atoms with Crippen molar-refractivity contribution in [2.45, 2.75) is 19.8 Å². The molecule has 0 unspecified atom stereocenters. The fourth-order valence-electron chi connectivity index (χ4n) is 2.86. The Kier molecular flexibility index (Phi) is 3.84. The molecule has 0 bridgehead atoms. The van der Waals surface area contributed by atoms with E-state index in [0.29, 0.717) is 23.0 Å². The summed E-state index contributed by atoms with van der Waals surface area (Å²) in [4.78, 5) is 0. The Labute approximate surface area is 130 Å². The van der Waals surface area contributed by atoms with Crippen molar-refractivity contribution >= 4 is 0 Å². The van der Waals surface area contributed by atoms with Crippen LogP contribution >= 0.6 is 0 Å². The summed E-state index contributed by atoms with van der Waals surface area (Å²) in [5.74, 6) is 3.37. The highest BCUT2D eigenvalue weighted by atomic mass is 16.5. The molecule has 2 aromatic carbocycles. The number of fused-ring (bicyclic) bond motifs is 2. The summed E-state index contributed by atoms with van der Waals surface area (Å²) in [6.45, 7) is 2.09. The maximum atomic E-state index is 6.16. The van der Waals surface area contributed by atoms with Crippen molar-refractivity contribution in [2.24, 2.45) is 0 Å². The third-order valence-electron chi connectivity index (χ3n) is 3.95. The Hall–Kier alpha value is -2.36. The quantitative estimate of drug-likeness (QED) is 0.861. The van der Waals surface area contributed by atoms with Gasteiger partial charge in [-0.05, 0) is 37.5 Å². The van der Waals surface area contributed by atoms with Crippen LogP contribution in [-0.4, -0.2) is 21.3 Å². The monoisotopic (exact) mass is 300 g/mol. The molecule has 116 valence electrons. The van der Waals surface area contributed by atoms with Crippen LogP contribution in [0.5, 0.6) is 28.7 Å². The number of methoxy groups -OCH3 is 3. The predicted molar refractivity (Wildman–Crippen MR) is 84.8 cm³/mol. The van der Waals surface area contributed by atoms with Gasteiger partial charge in [0.1, 0.15) is 5.75 Å². The Morgan fingerprint density at radius 2 is 1.59 bits per heavy atom. The van der Waals surface area contributed by atoms with Gasteiger partial charge in [-0.2, -0.15) is 0 Å². The Bertz CT molecular complexity index is 707. The highest BCUT2D eigenvalue weighted by Gasteiger charge is 2.25. The number of rotatable bonds is 3. The number of aryl methyl sites for hydroxylation is 3. The van der Waals surface area contributed by atoms with Gasteiger partial charge in [0.15, 0.2) is 11.5 Å². The zero-order chi connectivity index (χ0) is 15.7. The summed E-state index contributed by atoms with van der Waals surface area (Å²) in [6, 6.07) is 8.20. The van der Waals surface area contributed by atoms with Crippen molar-refractivity contribution in [3.8, 4) is 28.7 Å². The molecule has 0 atom stereocenters. The van der Waals surface area contributed by atoms with Crippen LogP contribution in [0.1, 0.15) is 16.7 Å². The zero-order valence-corrected chi connectivity index (χ0v) is 13.4. The van der Waals surface area contributed by atoms with Crippen LogP contribution < -0.4 is 18.9 Å². The first-order chi connectivity index (χ1) is 10.7. The number of ether oxygens (including phenoxy) is 4. The molecule has 0 amide bonds. The summed E-state index contributed by atoms with van der Waals surface area (Å²) in [6.07, 6.45) is 1.78. The van der Waals surface area contributed by atoms with Crippen molar-refractivity contribution in [3.63, 3.8) is 0 Å². The maximum Gasteiger partial charge on any atom is 0.208 e. The lowest BCUT2D eigenvalue weighted by atomic mass is 10.0. The molecule has 0 saturated heterocycles. The van der Waals surface area contributed by atoms with E-state index in [-0.39, 0.29) is 0 Å². The van der Waals surface area contributed by atoms with Crippen LogP contribution in [0.25, 0.3) is 0 Å². The second-order valence-corrected chi connectivity index (χ2v) is 5.35. The topological polar surface area (TPSA) is 36.9 Å². The van der Waals surface area contributed by atoms with Crippen LogP contribution in [0.3, 0.4) is 0 Å². The van der Waals surface area contributed by atoms with Gasteiger partial charge in [-0.1, -0.05) is 17.7 Å². The molecule has 3 rings (SSSR count). The second kappa shape index (κ2) is 5.79. The summed E-state index contributed by atoms with van der Waals surface area (Å²) < 4.78 is 22.6. The molecule has 0 saturated carbocycles. The molecule has 0 aliphatic carbocycles. The lowest BCUT2D eigenvalue weighted by molar-refractivity contribution is 0.312. The smallest absolute Gasteiger partial charge is 0.208 e. The molecular weight excluding hydrogens is 280 g/mol. The Balaban J connectivity index is 2.17. The first kappa shape index (κ1) is 14.6. The van der Waals surface area contributed by atoms with Gasteiger partial charge >= 0.3 is 0 Å². The molecule has 22 heavy (non-hydrogen) atoms. The minimum atomic E-state index is 0.555. The van der Waals surface area contributed by atoms with Crippen molar-refractivity contribution in [1.29, 1.82) is 0 Å². The van der Waals surface area contributed by atoms with E-state index < -0.39 is 0 Å². The normalized spacial score (nSPS) is 12.5. The molecule has 0 fully saturated rings. The summed E-state index contributed by atoms with van der Waals surface area (Å²) >= 11 is 0. The third kappa shape index (κ3) is 2.34. The van der Waals surface area contributed by atoms with E-state index in [4.69, 9.17) is 18.9 Å². The Morgan fingerprint density at radius 3 is 2.27 bits per heavy atom. The van der Waals surface area contributed by atoms with Crippen LogP contribution in [0.4, 0.5) is 0 Å². The average molecular weight is 300 g/mol. The largest absolute Gasteiger partial charge is 0.493 e. The molecular formula is C18H20O4. The van der Waals surface area contributed by atoms with Crippen LogP contribution in [0.2, 0.25) is 0 Å². The zero-order valence-electron chi connectivity index (χ0n) is 13.4. The van der Waals surface area contributed by atoms with E-state index in [2.05, 4.69) is 19.1 Å². The van der Waals surface area contributed by atoms with Crippen molar-refractivity contribution in [3.05, 3.63) is 41.0 Å². The molecule has 1 aliphatic heterocycles. The first-order valence-electron chi connectivity index (χ1n) is 7.27. The molecule has 4 nitrogen and oxygen atoms in total. The fourth-order valence-corrected chi connectivity index (χ4v) is 2.86. The molecule has 0 N–H and O–H groups in total. The van der Waals surface area contributed by atoms with Crippen molar-refractivity contribution < 1.29 is 18.9 Å². The summed E-state index contributed by atoms with van der Waals surface area (Å²) in [7, 11) is 4.84. The maximum absolute atomic E-state index is 6.16. The minimum Gasteiger partial charge on any atom is -0.493 e. The van der Waals surface area contributed by atoms with Gasteiger partial charge in [-0.3, -0.25) is 0 Å². The molecule has 1 heterocycles. The SMILES string of the molecule is COc1cc2c(c(OC)c1OC)Oc1ccc(C)cc1CC2. The van der Waals surface area contributed by atoms with Gasteiger partial charge in [0.2, 0.25) is 11.5 Å². The Morgan fingerprint density at radius 1 is 0.864 bits per heavy atom. The standard InChI is InChI=1S/C18H20O4/c1-11-5-8-14-12(9-11)6-7-13-10-15(19-2)17(20-3)18(21-4)16(13)22-14/h5,8-10H,6-7H2,1-4H3. The van der Waals surface area contributed by atoms with E-state index in [0.717, 1.165) is 24.2 Å². The second-order valence-electron chi connectivity index (χ2n) is 5.35. The molecule has 1 aliphatic rings. The molecule has 2 aromatic rings. The van der Waals surface area contributed by atoms with Crippen LogP contribution in [0, 0.1) is 6.92 Å².